The second-order valence-electron chi connectivity index (χ2n) is 6.83. The molecule has 0 saturated carbocycles. The van der Waals surface area contributed by atoms with Crippen LogP contribution in [0.4, 0.5) is 5.69 Å². The number of carbonyl (C=O) groups excluding carboxylic acids is 1. The lowest BCUT2D eigenvalue weighted by Crippen LogP contribution is -2.48. The zero-order chi connectivity index (χ0) is 21.1. The minimum Gasteiger partial charge on any atom is -0.442 e. The molecule has 3 aromatic rings. The van der Waals surface area contributed by atoms with E-state index in [1.165, 1.54) is 28.1 Å². The van der Waals surface area contributed by atoms with Gasteiger partial charge in [-0.15, -0.1) is 11.3 Å². The summed E-state index contributed by atoms with van der Waals surface area (Å²) in [6.45, 7) is 5.30. The summed E-state index contributed by atoms with van der Waals surface area (Å²) in [5, 5.41) is 4.61. The summed E-state index contributed by atoms with van der Waals surface area (Å²) >= 11 is 1.44. The summed E-state index contributed by atoms with van der Waals surface area (Å²) in [6, 6.07) is 9.99. The molecule has 1 amide bonds. The molecule has 0 bridgehead atoms. The molecule has 0 aliphatic carbocycles. The molecule has 1 aliphatic heterocycles. The number of carbonyl (C=O) groups is 1. The van der Waals surface area contributed by atoms with Gasteiger partial charge in [-0.3, -0.25) is 4.79 Å². The molecule has 0 unspecified atom stereocenters. The number of nitrogens with one attached hydrogen (secondary N) is 1. The summed E-state index contributed by atoms with van der Waals surface area (Å²) in [5.41, 5.74) is 0.537. The quantitative estimate of drug-likeness (QED) is 0.625. The van der Waals surface area contributed by atoms with Crippen LogP contribution in [0.2, 0.25) is 0 Å². The van der Waals surface area contributed by atoms with Crippen LogP contribution < -0.4 is 5.32 Å². The van der Waals surface area contributed by atoms with Gasteiger partial charge in [0.05, 0.1) is 9.77 Å². The van der Waals surface area contributed by atoms with Crippen molar-refractivity contribution in [2.45, 2.75) is 11.8 Å². The van der Waals surface area contributed by atoms with Gasteiger partial charge in [-0.05, 0) is 36.2 Å². The fraction of sp³-hybridized carbons (Fsp3) is 0.300. The number of oxazole rings is 1. The van der Waals surface area contributed by atoms with Crippen molar-refractivity contribution in [2.24, 2.45) is 0 Å². The van der Waals surface area contributed by atoms with Gasteiger partial charge in [-0.1, -0.05) is 19.1 Å². The highest BCUT2D eigenvalue weighted by atomic mass is 32.2. The lowest BCUT2D eigenvalue weighted by atomic mass is 10.2. The molecule has 1 N–H and O–H groups in total. The molecule has 1 saturated heterocycles. The van der Waals surface area contributed by atoms with E-state index < -0.39 is 15.9 Å². The van der Waals surface area contributed by atoms with Crippen LogP contribution in [0, 0.1) is 0 Å². The molecule has 1 aliphatic rings. The molecule has 0 spiro atoms. The maximum Gasteiger partial charge on any atom is 0.278 e. The van der Waals surface area contributed by atoms with E-state index in [0.717, 1.165) is 11.4 Å². The fourth-order valence-electron chi connectivity index (χ4n) is 3.35. The predicted molar refractivity (Wildman–Crippen MR) is 115 cm³/mol. The van der Waals surface area contributed by atoms with Gasteiger partial charge in [0.2, 0.25) is 10.0 Å². The SMILES string of the molecule is CCN1CCN(S(=O)(=O)c2cccc(NC(=O)c3ncoc3-c3cccs3)c2)CC1. The summed E-state index contributed by atoms with van der Waals surface area (Å²) in [7, 11) is -3.63. The maximum absolute atomic E-state index is 13.0. The second kappa shape index (κ2) is 8.68. The lowest BCUT2D eigenvalue weighted by molar-refractivity contribution is 0.102. The molecule has 3 heterocycles. The molecule has 30 heavy (non-hydrogen) atoms. The standard InChI is InChI=1S/C20H22N4O4S2/c1-2-23-8-10-24(11-9-23)30(26,27)16-6-3-5-15(13-16)22-20(25)18-19(28-14-21-18)17-7-4-12-29-17/h3-7,12-14H,2,8-11H2,1H3,(H,22,25). The zero-order valence-electron chi connectivity index (χ0n) is 16.4. The Balaban J connectivity index is 1.52. The second-order valence-corrected chi connectivity index (χ2v) is 9.71. The van der Waals surface area contributed by atoms with Gasteiger partial charge in [-0.25, -0.2) is 13.4 Å². The number of likely N-dealkylation sites (N-methyl/N-ethyl adjacent to an activating group) is 1. The average Bonchev–Trinajstić information content (AvgIpc) is 3.45. The van der Waals surface area contributed by atoms with Crippen molar-refractivity contribution in [3.63, 3.8) is 0 Å². The molecule has 0 radical (unpaired) electrons. The van der Waals surface area contributed by atoms with Crippen molar-refractivity contribution in [2.75, 3.05) is 38.0 Å². The van der Waals surface area contributed by atoms with E-state index in [1.807, 2.05) is 17.5 Å². The summed E-state index contributed by atoms with van der Waals surface area (Å²) < 4.78 is 32.9. The lowest BCUT2D eigenvalue weighted by Gasteiger charge is -2.33. The first kappa shape index (κ1) is 20.7. The van der Waals surface area contributed by atoms with Crippen LogP contribution >= 0.6 is 11.3 Å². The topological polar surface area (TPSA) is 95.8 Å². The van der Waals surface area contributed by atoms with Gasteiger partial charge in [0.15, 0.2) is 17.8 Å². The van der Waals surface area contributed by atoms with Crippen LogP contribution in [0.3, 0.4) is 0 Å². The van der Waals surface area contributed by atoms with Crippen molar-refractivity contribution in [1.29, 1.82) is 0 Å². The number of amides is 1. The summed E-state index contributed by atoms with van der Waals surface area (Å²) in [6.07, 6.45) is 1.22. The smallest absolute Gasteiger partial charge is 0.278 e. The Labute approximate surface area is 179 Å². The van der Waals surface area contributed by atoms with Gasteiger partial charge in [-0.2, -0.15) is 4.31 Å². The molecule has 10 heteroatoms. The number of thiophene rings is 1. The van der Waals surface area contributed by atoms with Crippen molar-refractivity contribution in [3.05, 3.63) is 53.9 Å². The Kier molecular flexibility index (Phi) is 6.00. The molecular weight excluding hydrogens is 424 g/mol. The van der Waals surface area contributed by atoms with Gasteiger partial charge in [0.1, 0.15) is 0 Å². The van der Waals surface area contributed by atoms with Crippen LogP contribution in [-0.2, 0) is 10.0 Å². The molecule has 158 valence electrons. The minimum absolute atomic E-state index is 0.154. The highest BCUT2D eigenvalue weighted by Gasteiger charge is 2.28. The molecule has 4 rings (SSSR count). The van der Waals surface area contributed by atoms with Crippen LogP contribution in [0.1, 0.15) is 17.4 Å². The van der Waals surface area contributed by atoms with Gasteiger partial charge in [0, 0.05) is 31.9 Å². The number of aromatic nitrogens is 1. The monoisotopic (exact) mass is 446 g/mol. The third-order valence-corrected chi connectivity index (χ3v) is 7.80. The average molecular weight is 447 g/mol. The van der Waals surface area contributed by atoms with E-state index in [0.29, 0.717) is 37.6 Å². The number of hydrogen-bond donors (Lipinski definition) is 1. The van der Waals surface area contributed by atoms with E-state index in [4.69, 9.17) is 4.42 Å². The van der Waals surface area contributed by atoms with E-state index in [1.54, 1.807) is 18.2 Å². The van der Waals surface area contributed by atoms with E-state index in [2.05, 4.69) is 22.1 Å². The van der Waals surface area contributed by atoms with E-state index >= 15 is 0 Å². The number of anilines is 1. The number of hydrogen-bond acceptors (Lipinski definition) is 7. The number of rotatable bonds is 6. The Morgan fingerprint density at radius 1 is 1.20 bits per heavy atom. The molecular formula is C20H22N4O4S2. The van der Waals surface area contributed by atoms with Crippen LogP contribution in [0.25, 0.3) is 10.6 Å². The highest BCUT2D eigenvalue weighted by Crippen LogP contribution is 2.28. The van der Waals surface area contributed by atoms with Crippen molar-refractivity contribution < 1.29 is 17.6 Å². The van der Waals surface area contributed by atoms with Crippen molar-refractivity contribution in [3.8, 4) is 10.6 Å². The highest BCUT2D eigenvalue weighted by molar-refractivity contribution is 7.89. The number of piperazine rings is 1. The largest absolute Gasteiger partial charge is 0.442 e. The van der Waals surface area contributed by atoms with E-state index in [-0.39, 0.29) is 10.6 Å². The molecule has 2 aromatic heterocycles. The fourth-order valence-corrected chi connectivity index (χ4v) is 5.53. The normalized spacial score (nSPS) is 15.9. The summed E-state index contributed by atoms with van der Waals surface area (Å²) in [5.74, 6) is -0.0710. The Morgan fingerprint density at radius 3 is 2.70 bits per heavy atom. The maximum atomic E-state index is 13.0. The number of sulfonamides is 1. The van der Waals surface area contributed by atoms with Crippen molar-refractivity contribution in [1.82, 2.24) is 14.2 Å². The first-order valence-electron chi connectivity index (χ1n) is 9.60. The van der Waals surface area contributed by atoms with Crippen molar-refractivity contribution >= 4 is 33.0 Å². The van der Waals surface area contributed by atoms with Gasteiger partial charge in [0.25, 0.3) is 5.91 Å². The zero-order valence-corrected chi connectivity index (χ0v) is 18.1. The third-order valence-electron chi connectivity index (χ3n) is 5.04. The van der Waals surface area contributed by atoms with Crippen LogP contribution in [0.15, 0.2) is 57.5 Å². The van der Waals surface area contributed by atoms with Gasteiger partial charge < -0.3 is 14.6 Å². The number of nitrogens with zero attached hydrogens (tertiary/aromatic N) is 3. The molecule has 0 atom stereocenters. The Bertz CT molecular complexity index is 1120. The molecule has 1 fully saturated rings. The number of benzene rings is 1. The Morgan fingerprint density at radius 2 is 2.00 bits per heavy atom. The Hall–Kier alpha value is -2.53. The van der Waals surface area contributed by atoms with Crippen LogP contribution in [0.5, 0.6) is 0 Å². The first-order chi connectivity index (χ1) is 14.5. The molecule has 8 nitrogen and oxygen atoms in total. The predicted octanol–water partition coefficient (Wildman–Crippen LogP) is 2.98. The minimum atomic E-state index is -3.63. The van der Waals surface area contributed by atoms with Crippen LogP contribution in [-0.4, -0.2) is 61.2 Å². The third kappa shape index (κ3) is 4.17. The molecule has 1 aromatic carbocycles. The van der Waals surface area contributed by atoms with E-state index in [9.17, 15) is 13.2 Å². The first-order valence-corrected chi connectivity index (χ1v) is 11.9. The summed E-state index contributed by atoms with van der Waals surface area (Å²) in [4.78, 5) is 19.9. The van der Waals surface area contributed by atoms with Gasteiger partial charge >= 0.3 is 0 Å².